The summed E-state index contributed by atoms with van der Waals surface area (Å²) >= 11 is 1.71. The number of carbonyl (C=O) groups excluding carboxylic acids is 1. The van der Waals surface area contributed by atoms with Gasteiger partial charge < -0.3 is 5.32 Å². The van der Waals surface area contributed by atoms with Gasteiger partial charge in [0.1, 0.15) is 0 Å². The molecule has 0 saturated heterocycles. The fraction of sp³-hybridized carbons (Fsp3) is 0.188. The van der Waals surface area contributed by atoms with Crippen molar-refractivity contribution in [3.8, 4) is 0 Å². The van der Waals surface area contributed by atoms with Crippen molar-refractivity contribution in [1.82, 2.24) is 5.32 Å². The molecule has 0 fully saturated rings. The van der Waals surface area contributed by atoms with Gasteiger partial charge >= 0.3 is 0 Å². The third kappa shape index (κ3) is 5.18. The van der Waals surface area contributed by atoms with Crippen LogP contribution in [0.4, 0.5) is 0 Å². The minimum absolute atomic E-state index is 0.104. The Morgan fingerprint density at radius 1 is 0.947 bits per heavy atom. The van der Waals surface area contributed by atoms with E-state index in [-0.39, 0.29) is 5.91 Å². The molecular formula is C16H17NOS. The fourth-order valence-corrected chi connectivity index (χ4v) is 2.54. The molecule has 2 rings (SSSR count). The molecule has 0 unspecified atom stereocenters. The van der Waals surface area contributed by atoms with E-state index in [9.17, 15) is 4.79 Å². The first-order chi connectivity index (χ1) is 9.34. The molecule has 3 heteroatoms. The predicted molar refractivity (Wildman–Crippen MR) is 80.1 cm³/mol. The highest BCUT2D eigenvalue weighted by Crippen LogP contribution is 2.17. The quantitative estimate of drug-likeness (QED) is 0.815. The Bertz CT molecular complexity index is 499. The Balaban J connectivity index is 1.65. The van der Waals surface area contributed by atoms with Crippen LogP contribution in [0.3, 0.4) is 0 Å². The molecule has 2 aromatic rings. The number of nitrogens with one attached hydrogen (secondary N) is 1. The highest BCUT2D eigenvalue weighted by molar-refractivity contribution is 7.99. The maximum atomic E-state index is 11.7. The topological polar surface area (TPSA) is 29.1 Å². The molecule has 1 N–H and O–H groups in total. The number of amides is 1. The SMILES string of the molecule is O=C(CCSc1ccccc1)NCc1ccccc1. The number of rotatable bonds is 6. The zero-order chi connectivity index (χ0) is 13.3. The van der Waals surface area contributed by atoms with Gasteiger partial charge in [0.25, 0.3) is 0 Å². The van der Waals surface area contributed by atoms with Crippen LogP contribution in [0.5, 0.6) is 0 Å². The Morgan fingerprint density at radius 3 is 2.26 bits per heavy atom. The lowest BCUT2D eigenvalue weighted by atomic mass is 10.2. The van der Waals surface area contributed by atoms with E-state index in [1.165, 1.54) is 4.90 Å². The van der Waals surface area contributed by atoms with Gasteiger partial charge in [-0.2, -0.15) is 0 Å². The smallest absolute Gasteiger partial charge is 0.221 e. The lowest BCUT2D eigenvalue weighted by Gasteiger charge is -2.05. The summed E-state index contributed by atoms with van der Waals surface area (Å²) in [5, 5.41) is 2.93. The largest absolute Gasteiger partial charge is 0.352 e. The summed E-state index contributed by atoms with van der Waals surface area (Å²) in [4.78, 5) is 12.9. The van der Waals surface area contributed by atoms with Crippen LogP contribution in [-0.2, 0) is 11.3 Å². The van der Waals surface area contributed by atoms with E-state index in [0.29, 0.717) is 13.0 Å². The van der Waals surface area contributed by atoms with Gasteiger partial charge in [-0.05, 0) is 17.7 Å². The maximum absolute atomic E-state index is 11.7. The second-order valence-corrected chi connectivity index (χ2v) is 5.34. The Kier molecular flexibility index (Phi) is 5.50. The van der Waals surface area contributed by atoms with Crippen LogP contribution < -0.4 is 5.32 Å². The van der Waals surface area contributed by atoms with Gasteiger partial charge in [0.15, 0.2) is 0 Å². The monoisotopic (exact) mass is 271 g/mol. The highest BCUT2D eigenvalue weighted by atomic mass is 32.2. The standard InChI is InChI=1S/C16H17NOS/c18-16(17-13-14-7-3-1-4-8-14)11-12-19-15-9-5-2-6-10-15/h1-10H,11-13H2,(H,17,18). The lowest BCUT2D eigenvalue weighted by molar-refractivity contribution is -0.120. The van der Waals surface area contributed by atoms with Gasteiger partial charge in [0.2, 0.25) is 5.91 Å². The van der Waals surface area contributed by atoms with E-state index in [1.54, 1.807) is 11.8 Å². The van der Waals surface area contributed by atoms with Gasteiger partial charge in [-0.1, -0.05) is 48.5 Å². The predicted octanol–water partition coefficient (Wildman–Crippen LogP) is 3.49. The second kappa shape index (κ2) is 7.64. The molecule has 2 aromatic carbocycles. The molecule has 0 radical (unpaired) electrons. The molecule has 0 saturated carbocycles. The Labute approximate surface area is 118 Å². The van der Waals surface area contributed by atoms with Crippen molar-refractivity contribution in [2.24, 2.45) is 0 Å². The summed E-state index contributed by atoms with van der Waals surface area (Å²) in [6.07, 6.45) is 0.548. The van der Waals surface area contributed by atoms with Gasteiger partial charge in [-0.15, -0.1) is 11.8 Å². The summed E-state index contributed by atoms with van der Waals surface area (Å²) in [6, 6.07) is 20.1. The third-order valence-electron chi connectivity index (χ3n) is 2.67. The molecule has 1 amide bonds. The van der Waals surface area contributed by atoms with Crippen LogP contribution >= 0.6 is 11.8 Å². The van der Waals surface area contributed by atoms with Crippen LogP contribution in [0, 0.1) is 0 Å². The molecule has 0 atom stereocenters. The molecule has 0 aliphatic rings. The van der Waals surface area contributed by atoms with Crippen molar-refractivity contribution in [2.45, 2.75) is 17.9 Å². The third-order valence-corrected chi connectivity index (χ3v) is 3.69. The molecule has 98 valence electrons. The van der Waals surface area contributed by atoms with Crippen molar-refractivity contribution in [1.29, 1.82) is 0 Å². The average Bonchev–Trinajstić information content (AvgIpc) is 2.47. The highest BCUT2D eigenvalue weighted by Gasteiger charge is 2.01. The first-order valence-corrected chi connectivity index (χ1v) is 7.31. The number of hydrogen-bond donors (Lipinski definition) is 1. The first-order valence-electron chi connectivity index (χ1n) is 6.33. The van der Waals surface area contributed by atoms with Gasteiger partial charge in [0.05, 0.1) is 0 Å². The minimum Gasteiger partial charge on any atom is -0.352 e. The average molecular weight is 271 g/mol. The Hall–Kier alpha value is -1.74. The van der Waals surface area contributed by atoms with Crippen LogP contribution in [0.15, 0.2) is 65.6 Å². The van der Waals surface area contributed by atoms with E-state index in [1.807, 2.05) is 48.5 Å². The molecule has 0 aliphatic carbocycles. The summed E-state index contributed by atoms with van der Waals surface area (Å²) < 4.78 is 0. The van der Waals surface area contributed by atoms with E-state index >= 15 is 0 Å². The van der Waals surface area contributed by atoms with Gasteiger partial charge in [-0.25, -0.2) is 0 Å². The van der Waals surface area contributed by atoms with Crippen molar-refractivity contribution in [2.75, 3.05) is 5.75 Å². The normalized spacial score (nSPS) is 10.1. The molecule has 0 aromatic heterocycles. The zero-order valence-electron chi connectivity index (χ0n) is 10.7. The van der Waals surface area contributed by atoms with E-state index in [0.717, 1.165) is 11.3 Å². The summed E-state index contributed by atoms with van der Waals surface area (Å²) in [7, 11) is 0. The number of hydrogen-bond acceptors (Lipinski definition) is 2. The van der Waals surface area contributed by atoms with Crippen LogP contribution in [0.2, 0.25) is 0 Å². The van der Waals surface area contributed by atoms with Crippen molar-refractivity contribution >= 4 is 17.7 Å². The second-order valence-electron chi connectivity index (χ2n) is 4.17. The minimum atomic E-state index is 0.104. The number of benzene rings is 2. The van der Waals surface area contributed by atoms with Crippen LogP contribution in [-0.4, -0.2) is 11.7 Å². The molecule has 0 bridgehead atoms. The zero-order valence-corrected chi connectivity index (χ0v) is 11.5. The fourth-order valence-electron chi connectivity index (χ4n) is 1.66. The van der Waals surface area contributed by atoms with E-state index in [4.69, 9.17) is 0 Å². The van der Waals surface area contributed by atoms with Crippen LogP contribution in [0.1, 0.15) is 12.0 Å². The molecule has 0 spiro atoms. The van der Waals surface area contributed by atoms with E-state index < -0.39 is 0 Å². The summed E-state index contributed by atoms with van der Waals surface area (Å²) in [5.41, 5.74) is 1.13. The maximum Gasteiger partial charge on any atom is 0.221 e. The molecule has 19 heavy (non-hydrogen) atoms. The summed E-state index contributed by atoms with van der Waals surface area (Å²) in [5.74, 6) is 0.914. The molecule has 0 aliphatic heterocycles. The van der Waals surface area contributed by atoms with Crippen molar-refractivity contribution in [3.05, 3.63) is 66.2 Å². The summed E-state index contributed by atoms with van der Waals surface area (Å²) in [6.45, 7) is 0.607. The molecule has 0 heterocycles. The van der Waals surface area contributed by atoms with Crippen molar-refractivity contribution in [3.63, 3.8) is 0 Å². The van der Waals surface area contributed by atoms with Crippen molar-refractivity contribution < 1.29 is 4.79 Å². The lowest BCUT2D eigenvalue weighted by Crippen LogP contribution is -2.22. The van der Waals surface area contributed by atoms with Crippen LogP contribution in [0.25, 0.3) is 0 Å². The molecular weight excluding hydrogens is 254 g/mol. The number of thioether (sulfide) groups is 1. The van der Waals surface area contributed by atoms with E-state index in [2.05, 4.69) is 17.4 Å². The number of carbonyl (C=O) groups is 1. The first kappa shape index (κ1) is 13.7. The molecule has 2 nitrogen and oxygen atoms in total. The van der Waals surface area contributed by atoms with Gasteiger partial charge in [-0.3, -0.25) is 4.79 Å². The Morgan fingerprint density at radius 2 is 1.58 bits per heavy atom. The van der Waals surface area contributed by atoms with Gasteiger partial charge in [0, 0.05) is 23.6 Å².